The molecule has 0 aromatic carbocycles. The number of hydrogen-bond acceptors (Lipinski definition) is 7. The van der Waals surface area contributed by atoms with Crippen molar-refractivity contribution in [3.05, 3.63) is 10.1 Å². The Morgan fingerprint density at radius 2 is 2.09 bits per heavy atom. The van der Waals surface area contributed by atoms with Crippen LogP contribution in [0.3, 0.4) is 0 Å². The van der Waals surface area contributed by atoms with E-state index in [2.05, 4.69) is 32.9 Å². The predicted octanol–water partition coefficient (Wildman–Crippen LogP) is 1.43. The summed E-state index contributed by atoms with van der Waals surface area (Å²) in [5, 5.41) is 24.7. The summed E-state index contributed by atoms with van der Waals surface area (Å²) in [7, 11) is 0. The van der Waals surface area contributed by atoms with E-state index in [0.29, 0.717) is 12.1 Å². The summed E-state index contributed by atoms with van der Waals surface area (Å²) in [6.45, 7) is 3.93. The Labute approximate surface area is 128 Å². The molecule has 0 aliphatic heterocycles. The molecule has 0 saturated heterocycles. The molecule has 1 aromatic heterocycles. The van der Waals surface area contributed by atoms with Gasteiger partial charge in [0.15, 0.2) is 0 Å². The van der Waals surface area contributed by atoms with Crippen LogP contribution in [0.2, 0.25) is 0 Å². The van der Waals surface area contributed by atoms with Gasteiger partial charge in [-0.05, 0) is 18.3 Å². The van der Waals surface area contributed by atoms with Crippen molar-refractivity contribution in [1.29, 1.82) is 0 Å². The van der Waals surface area contributed by atoms with Gasteiger partial charge in [0.25, 0.3) is 0 Å². The smallest absolute Gasteiger partial charge is 0.390 e. The molecule has 1 amide bonds. The molecule has 122 valence electrons. The number of nitrogens with one attached hydrogen (secondary N) is 1. The largest absolute Gasteiger partial charge is 0.514 e. The average Bonchev–Trinajstić information content (AvgIpc) is 2.93. The van der Waals surface area contributed by atoms with Gasteiger partial charge in [0.2, 0.25) is 5.91 Å². The molecule has 22 heavy (non-hydrogen) atoms. The summed E-state index contributed by atoms with van der Waals surface area (Å²) in [5.41, 5.74) is 2.97. The molecule has 1 heterocycles. The van der Waals surface area contributed by atoms with E-state index in [0.717, 1.165) is 24.1 Å². The summed E-state index contributed by atoms with van der Waals surface area (Å²) < 4.78 is 0. The topological polar surface area (TPSA) is 128 Å². The molecule has 0 aliphatic rings. The predicted molar refractivity (Wildman–Crippen MR) is 79.1 cm³/mol. The number of tetrazole rings is 1. The summed E-state index contributed by atoms with van der Waals surface area (Å²) in [4.78, 5) is 22.3. The van der Waals surface area contributed by atoms with Gasteiger partial charge in [-0.15, -0.1) is 0 Å². The number of hydrogen-bond donors (Lipinski definition) is 1. The number of nitro groups is 1. The number of hydrazone groups is 1. The number of rotatable bonds is 10. The molecule has 1 rings (SSSR count). The van der Waals surface area contributed by atoms with Gasteiger partial charge in [0.05, 0.1) is 15.9 Å². The van der Waals surface area contributed by atoms with Gasteiger partial charge < -0.3 is 10.1 Å². The Morgan fingerprint density at radius 3 is 2.73 bits per heavy atom. The van der Waals surface area contributed by atoms with Crippen LogP contribution in [0.4, 0.5) is 5.95 Å². The van der Waals surface area contributed by atoms with E-state index in [-0.39, 0.29) is 12.5 Å². The molecule has 10 heteroatoms. The molecule has 0 unspecified atom stereocenters. The maximum atomic E-state index is 11.6. The molecule has 10 nitrogen and oxygen atoms in total. The summed E-state index contributed by atoms with van der Waals surface area (Å²) in [5.74, 6) is -0.711. The molecule has 1 aromatic rings. The number of carbonyl (C=O) groups excluding carboxylic acids is 1. The molecular formula is C12H21N7O3. The zero-order valence-electron chi connectivity index (χ0n) is 12.9. The number of amides is 1. The zero-order chi connectivity index (χ0) is 16.4. The lowest BCUT2D eigenvalue weighted by Crippen LogP contribution is -2.20. The van der Waals surface area contributed by atoms with E-state index in [9.17, 15) is 14.9 Å². The molecule has 0 bridgehead atoms. The molecular weight excluding hydrogens is 290 g/mol. The van der Waals surface area contributed by atoms with Crippen molar-refractivity contribution in [3.63, 3.8) is 0 Å². The highest BCUT2D eigenvalue weighted by molar-refractivity contribution is 5.84. The van der Waals surface area contributed by atoms with E-state index < -0.39 is 10.9 Å². The van der Waals surface area contributed by atoms with Crippen LogP contribution in [-0.2, 0) is 11.3 Å². The Balaban J connectivity index is 2.29. The van der Waals surface area contributed by atoms with Crippen LogP contribution in [0.15, 0.2) is 5.10 Å². The average molecular weight is 311 g/mol. The normalized spacial score (nSPS) is 11.5. The van der Waals surface area contributed by atoms with Crippen molar-refractivity contribution in [2.24, 2.45) is 5.10 Å². The minimum absolute atomic E-state index is 0.123. The third-order valence-corrected chi connectivity index (χ3v) is 2.85. The maximum Gasteiger partial charge on any atom is 0.514 e. The van der Waals surface area contributed by atoms with Crippen molar-refractivity contribution in [2.45, 2.75) is 58.9 Å². The van der Waals surface area contributed by atoms with Crippen LogP contribution in [0.1, 0.15) is 52.4 Å². The lowest BCUT2D eigenvalue weighted by atomic mass is 10.1. The minimum atomic E-state index is -0.726. The first-order valence-electron chi connectivity index (χ1n) is 7.27. The highest BCUT2D eigenvalue weighted by Crippen LogP contribution is 2.04. The Hall–Kier alpha value is -2.39. The lowest BCUT2D eigenvalue weighted by Gasteiger charge is -2.01. The fourth-order valence-corrected chi connectivity index (χ4v) is 1.72. The first-order chi connectivity index (χ1) is 10.5. The van der Waals surface area contributed by atoms with Crippen LogP contribution in [0.5, 0.6) is 0 Å². The molecule has 1 N–H and O–H groups in total. The second-order valence-electron chi connectivity index (χ2n) is 4.92. The van der Waals surface area contributed by atoms with Crippen LogP contribution < -0.4 is 5.43 Å². The Bertz CT molecular complexity index is 527. The van der Waals surface area contributed by atoms with Crippen LogP contribution in [0, 0.1) is 10.1 Å². The SMILES string of the molecule is CCCCCCCC(=O)NN=C(C)Cn1nnc([N+](=O)[O-])n1. The number of aromatic nitrogens is 4. The van der Waals surface area contributed by atoms with E-state index in [1.165, 1.54) is 12.8 Å². The van der Waals surface area contributed by atoms with Crippen molar-refractivity contribution in [3.8, 4) is 0 Å². The van der Waals surface area contributed by atoms with Gasteiger partial charge >= 0.3 is 5.95 Å². The van der Waals surface area contributed by atoms with Crippen LogP contribution >= 0.6 is 0 Å². The van der Waals surface area contributed by atoms with Gasteiger partial charge in [-0.25, -0.2) is 5.43 Å². The van der Waals surface area contributed by atoms with Gasteiger partial charge in [-0.2, -0.15) is 5.10 Å². The van der Waals surface area contributed by atoms with Gasteiger partial charge in [0.1, 0.15) is 6.54 Å². The first-order valence-corrected chi connectivity index (χ1v) is 7.27. The highest BCUT2D eigenvalue weighted by Gasteiger charge is 2.15. The fraction of sp³-hybridized carbons (Fsp3) is 0.750. The molecule has 0 fully saturated rings. The van der Waals surface area contributed by atoms with E-state index in [1.54, 1.807) is 6.92 Å². The van der Waals surface area contributed by atoms with Crippen molar-refractivity contribution < 1.29 is 9.72 Å². The van der Waals surface area contributed by atoms with Crippen LogP contribution in [-0.4, -0.2) is 36.7 Å². The standard InChI is InChI=1S/C12H21N7O3/c1-3-4-5-6-7-8-11(20)14-13-10(2)9-18-16-12(15-17-18)19(21)22/h3-9H2,1-2H3,(H,14,20). The maximum absolute atomic E-state index is 11.6. The Kier molecular flexibility index (Phi) is 7.65. The van der Waals surface area contributed by atoms with Crippen molar-refractivity contribution in [2.75, 3.05) is 0 Å². The molecule has 0 saturated carbocycles. The van der Waals surface area contributed by atoms with E-state index >= 15 is 0 Å². The third kappa shape index (κ3) is 6.86. The Morgan fingerprint density at radius 1 is 1.36 bits per heavy atom. The second-order valence-corrected chi connectivity index (χ2v) is 4.92. The number of nitrogens with zero attached hydrogens (tertiary/aromatic N) is 6. The summed E-state index contributed by atoms with van der Waals surface area (Å²) in [6, 6.07) is 0. The monoisotopic (exact) mass is 311 g/mol. The summed E-state index contributed by atoms with van der Waals surface area (Å²) >= 11 is 0. The van der Waals surface area contributed by atoms with Gasteiger partial charge in [-0.1, -0.05) is 37.4 Å². The van der Waals surface area contributed by atoms with Gasteiger partial charge in [-0.3, -0.25) is 4.79 Å². The highest BCUT2D eigenvalue weighted by atomic mass is 16.6. The second kappa shape index (κ2) is 9.53. The molecule has 0 aliphatic carbocycles. The molecule has 0 spiro atoms. The number of unbranched alkanes of at least 4 members (excludes halogenated alkanes) is 4. The quantitative estimate of drug-likeness (QED) is 0.301. The number of carbonyl (C=O) groups is 1. The first kappa shape index (κ1) is 17.7. The zero-order valence-corrected chi connectivity index (χ0v) is 12.9. The fourth-order valence-electron chi connectivity index (χ4n) is 1.72. The summed E-state index contributed by atoms with van der Waals surface area (Å²) in [6.07, 6.45) is 5.82. The third-order valence-electron chi connectivity index (χ3n) is 2.85. The van der Waals surface area contributed by atoms with E-state index in [4.69, 9.17) is 0 Å². The lowest BCUT2D eigenvalue weighted by molar-refractivity contribution is -0.394. The van der Waals surface area contributed by atoms with E-state index in [1.807, 2.05) is 0 Å². The van der Waals surface area contributed by atoms with Crippen LogP contribution in [0.25, 0.3) is 0 Å². The van der Waals surface area contributed by atoms with Gasteiger partial charge in [0, 0.05) is 11.6 Å². The minimum Gasteiger partial charge on any atom is -0.390 e. The van der Waals surface area contributed by atoms with Crippen molar-refractivity contribution >= 4 is 17.6 Å². The van der Waals surface area contributed by atoms with Crippen molar-refractivity contribution in [1.82, 2.24) is 25.6 Å². The molecule has 0 radical (unpaired) electrons. The molecule has 0 atom stereocenters.